The second kappa shape index (κ2) is 9.13. The first-order valence-electron chi connectivity index (χ1n) is 9.05. The number of amides is 2. The van der Waals surface area contributed by atoms with Gasteiger partial charge in [-0.2, -0.15) is 0 Å². The highest BCUT2D eigenvalue weighted by Crippen LogP contribution is 2.25. The molecule has 1 aromatic heterocycles. The van der Waals surface area contributed by atoms with E-state index in [0.29, 0.717) is 22.3 Å². The van der Waals surface area contributed by atoms with Gasteiger partial charge < -0.3 is 15.2 Å². The molecule has 28 heavy (non-hydrogen) atoms. The largest absolute Gasteiger partial charge is 0.361 e. The van der Waals surface area contributed by atoms with Crippen molar-refractivity contribution in [2.75, 3.05) is 18.4 Å². The summed E-state index contributed by atoms with van der Waals surface area (Å²) in [5, 5.41) is 4.61. The molecule has 0 aliphatic rings. The molecule has 0 saturated heterocycles. The number of benzene rings is 2. The van der Waals surface area contributed by atoms with Gasteiger partial charge in [0.1, 0.15) is 0 Å². The van der Waals surface area contributed by atoms with Crippen LogP contribution in [0.15, 0.2) is 48.7 Å². The number of rotatable bonds is 7. The highest BCUT2D eigenvalue weighted by atomic mass is 35.5. The Balaban J connectivity index is 1.69. The molecule has 0 radical (unpaired) electrons. The SMILES string of the molecule is CCCN(CC(=O)Nc1cc(Cl)ccc1Cl)C(=O)Cc1c[nH]c2ccccc12. The fourth-order valence-corrected chi connectivity index (χ4v) is 3.41. The van der Waals surface area contributed by atoms with Crippen LogP contribution in [0.25, 0.3) is 10.9 Å². The standard InChI is InChI=1S/C21H21Cl2N3O2/c1-2-9-26(13-20(27)25-19-11-15(22)7-8-17(19)23)21(28)10-14-12-24-18-6-4-3-5-16(14)18/h3-8,11-12,24H,2,9-10,13H2,1H3,(H,25,27). The molecule has 0 fully saturated rings. The number of aromatic amines is 1. The molecule has 0 atom stereocenters. The van der Waals surface area contributed by atoms with Crippen LogP contribution in [0, 0.1) is 0 Å². The molecule has 0 aliphatic carbocycles. The number of fused-ring (bicyclic) bond motifs is 1. The van der Waals surface area contributed by atoms with Crippen molar-refractivity contribution in [3.05, 3.63) is 64.3 Å². The van der Waals surface area contributed by atoms with Gasteiger partial charge in [-0.15, -0.1) is 0 Å². The molecule has 146 valence electrons. The predicted molar refractivity (Wildman–Crippen MR) is 114 cm³/mol. The van der Waals surface area contributed by atoms with Crippen LogP contribution in [0.1, 0.15) is 18.9 Å². The number of H-pyrrole nitrogens is 1. The zero-order valence-corrected chi connectivity index (χ0v) is 17.0. The molecular formula is C21H21Cl2N3O2. The number of anilines is 1. The summed E-state index contributed by atoms with van der Waals surface area (Å²) < 4.78 is 0. The summed E-state index contributed by atoms with van der Waals surface area (Å²) >= 11 is 12.0. The third kappa shape index (κ3) is 4.86. The van der Waals surface area contributed by atoms with E-state index in [4.69, 9.17) is 23.2 Å². The zero-order chi connectivity index (χ0) is 20.1. The Hall–Kier alpha value is -2.50. The van der Waals surface area contributed by atoms with E-state index in [9.17, 15) is 9.59 Å². The van der Waals surface area contributed by atoms with E-state index < -0.39 is 0 Å². The first kappa shape index (κ1) is 20.2. The van der Waals surface area contributed by atoms with E-state index >= 15 is 0 Å². The van der Waals surface area contributed by atoms with E-state index in [1.165, 1.54) is 0 Å². The number of hydrogen-bond acceptors (Lipinski definition) is 2. The Morgan fingerprint density at radius 1 is 1.14 bits per heavy atom. The molecule has 7 heteroatoms. The van der Waals surface area contributed by atoms with E-state index in [2.05, 4.69) is 10.3 Å². The number of nitrogens with one attached hydrogen (secondary N) is 2. The minimum absolute atomic E-state index is 0.0438. The van der Waals surface area contributed by atoms with Gasteiger partial charge in [-0.1, -0.05) is 48.3 Å². The molecule has 2 aromatic carbocycles. The zero-order valence-electron chi connectivity index (χ0n) is 15.5. The number of hydrogen-bond donors (Lipinski definition) is 2. The highest BCUT2D eigenvalue weighted by Gasteiger charge is 2.19. The molecule has 0 aliphatic heterocycles. The second-order valence-electron chi connectivity index (χ2n) is 6.52. The van der Waals surface area contributed by atoms with Crippen LogP contribution in [-0.2, 0) is 16.0 Å². The van der Waals surface area contributed by atoms with Crippen molar-refractivity contribution in [2.24, 2.45) is 0 Å². The van der Waals surface area contributed by atoms with Gasteiger partial charge in [0.15, 0.2) is 0 Å². The number of nitrogens with zero attached hydrogens (tertiary/aromatic N) is 1. The van der Waals surface area contributed by atoms with Crippen LogP contribution < -0.4 is 5.32 Å². The Kier molecular flexibility index (Phi) is 6.60. The first-order valence-corrected chi connectivity index (χ1v) is 9.81. The fraction of sp³-hybridized carbons (Fsp3) is 0.238. The molecular weight excluding hydrogens is 397 g/mol. The molecule has 3 aromatic rings. The predicted octanol–water partition coefficient (Wildman–Crippen LogP) is 4.89. The van der Waals surface area contributed by atoms with Crippen molar-refractivity contribution in [3.8, 4) is 0 Å². The molecule has 2 N–H and O–H groups in total. The van der Waals surface area contributed by atoms with E-state index in [1.54, 1.807) is 23.1 Å². The van der Waals surface area contributed by atoms with Crippen LogP contribution in [-0.4, -0.2) is 34.8 Å². The number of halogens is 2. The number of para-hydroxylation sites is 1. The van der Waals surface area contributed by atoms with Crippen molar-refractivity contribution in [2.45, 2.75) is 19.8 Å². The van der Waals surface area contributed by atoms with Gasteiger partial charge in [0.2, 0.25) is 11.8 Å². The summed E-state index contributed by atoms with van der Waals surface area (Å²) in [5.41, 5.74) is 2.33. The summed E-state index contributed by atoms with van der Waals surface area (Å²) in [5.74, 6) is -0.413. The molecule has 3 rings (SSSR count). The summed E-state index contributed by atoms with van der Waals surface area (Å²) in [6, 6.07) is 12.7. The normalized spacial score (nSPS) is 10.8. The number of carbonyl (C=O) groups excluding carboxylic acids is 2. The van der Waals surface area contributed by atoms with Gasteiger partial charge in [0.05, 0.1) is 23.7 Å². The Morgan fingerprint density at radius 2 is 1.93 bits per heavy atom. The minimum Gasteiger partial charge on any atom is -0.361 e. The maximum atomic E-state index is 12.8. The van der Waals surface area contributed by atoms with Gasteiger partial charge in [0, 0.05) is 28.7 Å². The molecule has 0 bridgehead atoms. The number of aromatic nitrogens is 1. The Labute approximate surface area is 173 Å². The molecule has 2 amide bonds. The van der Waals surface area contributed by atoms with Gasteiger partial charge in [0.25, 0.3) is 0 Å². The van der Waals surface area contributed by atoms with Crippen molar-refractivity contribution >= 4 is 51.6 Å². The lowest BCUT2D eigenvalue weighted by Gasteiger charge is -2.22. The topological polar surface area (TPSA) is 65.2 Å². The van der Waals surface area contributed by atoms with Crippen molar-refractivity contribution in [1.82, 2.24) is 9.88 Å². The van der Waals surface area contributed by atoms with Crippen molar-refractivity contribution < 1.29 is 9.59 Å². The van der Waals surface area contributed by atoms with Crippen LogP contribution in [0.4, 0.5) is 5.69 Å². The fourth-order valence-electron chi connectivity index (χ4n) is 3.07. The quantitative estimate of drug-likeness (QED) is 0.574. The minimum atomic E-state index is -0.315. The first-order chi connectivity index (χ1) is 13.5. The molecule has 0 unspecified atom stereocenters. The van der Waals surface area contributed by atoms with Crippen LogP contribution in [0.2, 0.25) is 10.0 Å². The lowest BCUT2D eigenvalue weighted by atomic mass is 10.1. The number of carbonyl (C=O) groups is 2. The van der Waals surface area contributed by atoms with Crippen LogP contribution >= 0.6 is 23.2 Å². The van der Waals surface area contributed by atoms with Crippen LogP contribution in [0.5, 0.6) is 0 Å². The maximum Gasteiger partial charge on any atom is 0.244 e. The lowest BCUT2D eigenvalue weighted by molar-refractivity contribution is -0.134. The van der Waals surface area contributed by atoms with E-state index in [1.807, 2.05) is 37.4 Å². The molecule has 0 spiro atoms. The molecule has 1 heterocycles. The van der Waals surface area contributed by atoms with Crippen LogP contribution in [0.3, 0.4) is 0 Å². The monoisotopic (exact) mass is 417 g/mol. The van der Waals surface area contributed by atoms with E-state index in [-0.39, 0.29) is 24.8 Å². The molecule has 0 saturated carbocycles. The van der Waals surface area contributed by atoms with Crippen molar-refractivity contribution in [3.63, 3.8) is 0 Å². The maximum absolute atomic E-state index is 12.8. The summed E-state index contributed by atoms with van der Waals surface area (Å²) in [6.45, 7) is 2.42. The van der Waals surface area contributed by atoms with Crippen molar-refractivity contribution in [1.29, 1.82) is 0 Å². The third-order valence-electron chi connectivity index (χ3n) is 4.40. The Bertz CT molecular complexity index is 1000. The van der Waals surface area contributed by atoms with Gasteiger partial charge >= 0.3 is 0 Å². The van der Waals surface area contributed by atoms with E-state index in [0.717, 1.165) is 22.9 Å². The van der Waals surface area contributed by atoms with Gasteiger partial charge in [-0.25, -0.2) is 0 Å². The molecule has 5 nitrogen and oxygen atoms in total. The summed E-state index contributed by atoms with van der Waals surface area (Å²) in [6.07, 6.45) is 2.83. The summed E-state index contributed by atoms with van der Waals surface area (Å²) in [7, 11) is 0. The smallest absolute Gasteiger partial charge is 0.244 e. The highest BCUT2D eigenvalue weighted by molar-refractivity contribution is 6.35. The third-order valence-corrected chi connectivity index (χ3v) is 4.96. The summed E-state index contributed by atoms with van der Waals surface area (Å²) in [4.78, 5) is 30.0. The lowest BCUT2D eigenvalue weighted by Crippen LogP contribution is -2.39. The average molecular weight is 418 g/mol. The Morgan fingerprint density at radius 3 is 2.71 bits per heavy atom. The average Bonchev–Trinajstić information content (AvgIpc) is 3.07. The van der Waals surface area contributed by atoms with Gasteiger partial charge in [-0.05, 0) is 36.2 Å². The van der Waals surface area contributed by atoms with Gasteiger partial charge in [-0.3, -0.25) is 9.59 Å². The second-order valence-corrected chi connectivity index (χ2v) is 7.37.